The molecule has 0 bridgehead atoms. The van der Waals surface area contributed by atoms with E-state index in [1.54, 1.807) is 14.2 Å². The van der Waals surface area contributed by atoms with E-state index in [1.165, 1.54) is 0 Å². The third-order valence-corrected chi connectivity index (χ3v) is 4.36. The zero-order valence-electron chi connectivity index (χ0n) is 21.1. The molecule has 1 aromatic carbocycles. The fourth-order valence-corrected chi connectivity index (χ4v) is 2.77. The number of alkyl carbamates (subject to hydrolysis) is 1. The number of ether oxygens (including phenoxy) is 6. The summed E-state index contributed by atoms with van der Waals surface area (Å²) in [5, 5.41) is 5.98. The largest absolute Gasteiger partial charge is 0.496 e. The highest BCUT2D eigenvalue weighted by Gasteiger charge is 2.15. The Hall–Kier alpha value is -2.23. The number of carbonyl (C=O) groups is 1. The van der Waals surface area contributed by atoms with Crippen LogP contribution in [0.15, 0.2) is 12.1 Å². The van der Waals surface area contributed by atoms with Crippen molar-refractivity contribution >= 4 is 6.09 Å². The molecule has 0 radical (unpaired) electrons. The van der Waals surface area contributed by atoms with Gasteiger partial charge in [-0.2, -0.15) is 0 Å². The van der Waals surface area contributed by atoms with Gasteiger partial charge >= 0.3 is 6.09 Å². The van der Waals surface area contributed by atoms with Crippen LogP contribution in [0.2, 0.25) is 0 Å². The van der Waals surface area contributed by atoms with Gasteiger partial charge in [0.2, 0.25) is 0 Å². The van der Waals surface area contributed by atoms with E-state index in [9.17, 15) is 4.79 Å². The number of rotatable bonds is 17. The molecule has 0 saturated carbocycles. The molecule has 0 saturated heterocycles. The van der Waals surface area contributed by atoms with E-state index in [2.05, 4.69) is 17.6 Å². The predicted octanol–water partition coefficient (Wildman–Crippen LogP) is 3.53. The second kappa shape index (κ2) is 16.4. The molecule has 0 fully saturated rings. The van der Waals surface area contributed by atoms with Crippen LogP contribution < -0.4 is 24.8 Å². The third kappa shape index (κ3) is 13.2. The van der Waals surface area contributed by atoms with E-state index in [0.717, 1.165) is 35.7 Å². The Kier molecular flexibility index (Phi) is 14.3. The van der Waals surface area contributed by atoms with Gasteiger partial charge in [0.15, 0.2) is 0 Å². The minimum atomic E-state index is -0.505. The summed E-state index contributed by atoms with van der Waals surface area (Å²) in [4.78, 5) is 11.5. The molecule has 9 nitrogen and oxygen atoms in total. The number of amides is 1. The van der Waals surface area contributed by atoms with E-state index in [4.69, 9.17) is 28.4 Å². The minimum absolute atomic E-state index is 0.391. The Morgan fingerprint density at radius 3 is 2.06 bits per heavy atom. The lowest BCUT2D eigenvalue weighted by atomic mass is 10.1. The Labute approximate surface area is 198 Å². The summed E-state index contributed by atoms with van der Waals surface area (Å²) in [5.41, 5.74) is 0.429. The van der Waals surface area contributed by atoms with Gasteiger partial charge in [-0.25, -0.2) is 4.79 Å². The summed E-state index contributed by atoms with van der Waals surface area (Å²) in [5.74, 6) is 2.19. The molecule has 0 unspecified atom stereocenters. The van der Waals surface area contributed by atoms with Crippen LogP contribution in [0.4, 0.5) is 4.79 Å². The van der Waals surface area contributed by atoms with Gasteiger partial charge in [0.25, 0.3) is 0 Å². The molecule has 33 heavy (non-hydrogen) atoms. The molecule has 1 aromatic rings. The first-order valence-corrected chi connectivity index (χ1v) is 11.5. The summed E-state index contributed by atoms with van der Waals surface area (Å²) < 4.78 is 33.0. The van der Waals surface area contributed by atoms with E-state index >= 15 is 0 Å². The van der Waals surface area contributed by atoms with Gasteiger partial charge in [-0.15, -0.1) is 0 Å². The van der Waals surface area contributed by atoms with E-state index in [-0.39, 0.29) is 0 Å². The Balaban J connectivity index is 2.20. The lowest BCUT2D eigenvalue weighted by Gasteiger charge is -2.19. The molecule has 190 valence electrons. The third-order valence-electron chi connectivity index (χ3n) is 4.36. The number of hydrogen-bond donors (Lipinski definition) is 2. The fraction of sp³-hybridized carbons (Fsp3) is 0.708. The molecular formula is C24H42N2O7. The van der Waals surface area contributed by atoms with Gasteiger partial charge in [0.1, 0.15) is 22.8 Å². The standard InChI is InChI=1S/C24H42N2O7/c1-7-8-11-32-19-16-21(28-5)20(22(17-19)29-6)18-25-9-12-30-14-15-31-13-10-26-23(27)33-24(2,3)4/h16-17,25H,7-15,18H2,1-6H3,(H,26,27). The number of carbonyl (C=O) groups excluding carboxylic acids is 1. The number of unbranched alkanes of at least 4 members (excludes halogenated alkanes) is 1. The van der Waals surface area contributed by atoms with Gasteiger partial charge in [-0.1, -0.05) is 13.3 Å². The molecule has 0 aromatic heterocycles. The van der Waals surface area contributed by atoms with Gasteiger partial charge in [0, 0.05) is 31.8 Å². The minimum Gasteiger partial charge on any atom is -0.496 e. The molecule has 0 aliphatic heterocycles. The first kappa shape index (κ1) is 28.8. The molecule has 0 spiro atoms. The summed E-state index contributed by atoms with van der Waals surface area (Å²) in [6.45, 7) is 11.8. The summed E-state index contributed by atoms with van der Waals surface area (Å²) in [7, 11) is 3.28. The van der Waals surface area contributed by atoms with Crippen molar-refractivity contribution in [3.8, 4) is 17.2 Å². The average molecular weight is 471 g/mol. The first-order chi connectivity index (χ1) is 15.8. The number of hydrogen-bond acceptors (Lipinski definition) is 8. The van der Waals surface area contributed by atoms with Crippen LogP contribution in [-0.4, -0.2) is 72.0 Å². The second-order valence-corrected chi connectivity index (χ2v) is 8.34. The smallest absolute Gasteiger partial charge is 0.407 e. The molecule has 0 aliphatic carbocycles. The Bertz CT molecular complexity index is 652. The van der Waals surface area contributed by atoms with Gasteiger partial charge < -0.3 is 39.1 Å². The lowest BCUT2D eigenvalue weighted by molar-refractivity contribution is 0.0403. The highest BCUT2D eigenvalue weighted by molar-refractivity contribution is 5.67. The van der Waals surface area contributed by atoms with Crippen LogP contribution in [-0.2, 0) is 20.8 Å². The van der Waals surface area contributed by atoms with Crippen molar-refractivity contribution in [3.63, 3.8) is 0 Å². The molecule has 2 N–H and O–H groups in total. The maximum atomic E-state index is 11.5. The Morgan fingerprint density at radius 2 is 1.52 bits per heavy atom. The number of nitrogens with one attached hydrogen (secondary N) is 2. The second-order valence-electron chi connectivity index (χ2n) is 8.34. The summed E-state index contributed by atoms with van der Waals surface area (Å²) in [6, 6.07) is 3.78. The normalized spacial score (nSPS) is 11.2. The molecule has 9 heteroatoms. The fourth-order valence-electron chi connectivity index (χ4n) is 2.77. The van der Waals surface area contributed by atoms with Gasteiger partial charge in [0.05, 0.1) is 52.8 Å². The van der Waals surface area contributed by atoms with Crippen molar-refractivity contribution in [2.24, 2.45) is 0 Å². The lowest BCUT2D eigenvalue weighted by Crippen LogP contribution is -2.34. The average Bonchev–Trinajstić information content (AvgIpc) is 2.76. The highest BCUT2D eigenvalue weighted by atomic mass is 16.6. The summed E-state index contributed by atoms with van der Waals surface area (Å²) >= 11 is 0. The maximum absolute atomic E-state index is 11.5. The first-order valence-electron chi connectivity index (χ1n) is 11.5. The molecule has 1 amide bonds. The molecular weight excluding hydrogens is 428 g/mol. The SMILES string of the molecule is CCCCOc1cc(OC)c(CNCCOCCOCCNC(=O)OC(C)(C)C)c(OC)c1. The van der Waals surface area contributed by atoms with Crippen molar-refractivity contribution in [1.82, 2.24) is 10.6 Å². The van der Waals surface area contributed by atoms with Crippen LogP contribution in [0, 0.1) is 0 Å². The number of benzene rings is 1. The molecule has 0 heterocycles. The van der Waals surface area contributed by atoms with Crippen molar-refractivity contribution in [1.29, 1.82) is 0 Å². The van der Waals surface area contributed by atoms with Crippen molar-refractivity contribution in [2.75, 3.05) is 60.3 Å². The van der Waals surface area contributed by atoms with Crippen LogP contribution in [0.25, 0.3) is 0 Å². The molecule has 1 rings (SSSR count). The maximum Gasteiger partial charge on any atom is 0.407 e. The summed E-state index contributed by atoms with van der Waals surface area (Å²) in [6.07, 6.45) is 1.64. The van der Waals surface area contributed by atoms with Crippen molar-refractivity contribution < 1.29 is 33.2 Å². The van der Waals surface area contributed by atoms with E-state index < -0.39 is 11.7 Å². The van der Waals surface area contributed by atoms with Crippen LogP contribution in [0.5, 0.6) is 17.2 Å². The van der Waals surface area contributed by atoms with Crippen molar-refractivity contribution in [3.05, 3.63) is 17.7 Å². The quantitative estimate of drug-likeness (QED) is 0.334. The van der Waals surface area contributed by atoms with Crippen LogP contribution in [0.1, 0.15) is 46.1 Å². The zero-order chi connectivity index (χ0) is 24.5. The van der Waals surface area contributed by atoms with Crippen LogP contribution in [0.3, 0.4) is 0 Å². The van der Waals surface area contributed by atoms with E-state index in [1.807, 2.05) is 32.9 Å². The van der Waals surface area contributed by atoms with E-state index in [0.29, 0.717) is 52.7 Å². The zero-order valence-corrected chi connectivity index (χ0v) is 21.1. The molecule has 0 atom stereocenters. The molecule has 0 aliphatic rings. The highest BCUT2D eigenvalue weighted by Crippen LogP contribution is 2.34. The topological polar surface area (TPSA) is 96.5 Å². The van der Waals surface area contributed by atoms with Crippen LogP contribution >= 0.6 is 0 Å². The van der Waals surface area contributed by atoms with Gasteiger partial charge in [-0.05, 0) is 27.2 Å². The van der Waals surface area contributed by atoms with Gasteiger partial charge in [-0.3, -0.25) is 0 Å². The predicted molar refractivity (Wildman–Crippen MR) is 128 cm³/mol. The number of methoxy groups -OCH3 is 2. The van der Waals surface area contributed by atoms with Crippen molar-refractivity contribution in [2.45, 2.75) is 52.7 Å². The Morgan fingerprint density at radius 1 is 0.909 bits per heavy atom. The monoisotopic (exact) mass is 470 g/mol.